The molecule has 0 aliphatic carbocycles. The number of carbonyl (C=O) groups excluding carboxylic acids is 1. The summed E-state index contributed by atoms with van der Waals surface area (Å²) in [7, 11) is 0. The van der Waals surface area contributed by atoms with Crippen LogP contribution < -0.4 is 5.32 Å². The van der Waals surface area contributed by atoms with Crippen LogP contribution in [-0.4, -0.2) is 23.0 Å². The Balaban J connectivity index is 1.58. The molecule has 1 atom stereocenters. The maximum Gasteiger partial charge on any atom is 0.509 e. The molecule has 0 radical (unpaired) electrons. The molecule has 1 aliphatic rings. The van der Waals surface area contributed by atoms with E-state index in [1.807, 2.05) is 0 Å². The number of hydrogen-bond acceptors (Lipinski definition) is 7. The summed E-state index contributed by atoms with van der Waals surface area (Å²) < 4.78 is 53.3. The van der Waals surface area contributed by atoms with Crippen molar-refractivity contribution in [1.29, 1.82) is 0 Å². The van der Waals surface area contributed by atoms with E-state index in [2.05, 4.69) is 20.3 Å². The normalized spacial score (nSPS) is 16.5. The Bertz CT molecular complexity index is 1000. The van der Waals surface area contributed by atoms with E-state index < -0.39 is 24.0 Å². The van der Waals surface area contributed by atoms with Gasteiger partial charge in [-0.2, -0.15) is 13.2 Å². The number of nitrogens with one attached hydrogen (secondary N) is 1. The predicted molar refractivity (Wildman–Crippen MR) is 89.6 cm³/mol. The van der Waals surface area contributed by atoms with Gasteiger partial charge >= 0.3 is 12.3 Å². The van der Waals surface area contributed by atoms with E-state index >= 15 is 0 Å². The predicted octanol–water partition coefficient (Wildman–Crippen LogP) is 4.71. The number of cyclic esters (lactones) is 2. The minimum Gasteiger partial charge on any atom is -0.430 e. The molecular weight excluding hydrogens is 379 g/mol. The summed E-state index contributed by atoms with van der Waals surface area (Å²) in [5.41, 5.74) is 0.808. The van der Waals surface area contributed by atoms with Crippen molar-refractivity contribution in [2.24, 2.45) is 0 Å². The molecule has 144 valence electrons. The monoisotopic (exact) mass is 391 g/mol. The Morgan fingerprint density at radius 2 is 1.79 bits per heavy atom. The van der Waals surface area contributed by atoms with Crippen LogP contribution in [-0.2, 0) is 15.7 Å². The molecule has 1 aliphatic heterocycles. The topological polar surface area (TPSA) is 86.5 Å². The average molecular weight is 391 g/mol. The van der Waals surface area contributed by atoms with Gasteiger partial charge in [0.25, 0.3) is 5.89 Å². The number of rotatable bonds is 4. The van der Waals surface area contributed by atoms with Crippen molar-refractivity contribution in [3.63, 3.8) is 0 Å². The Hall–Kier alpha value is -3.56. The summed E-state index contributed by atoms with van der Waals surface area (Å²) in [6.07, 6.45) is -5.98. The van der Waals surface area contributed by atoms with Crippen molar-refractivity contribution < 1.29 is 31.9 Å². The zero-order valence-corrected chi connectivity index (χ0v) is 14.1. The summed E-state index contributed by atoms with van der Waals surface area (Å²) in [5.74, 6) is 0.248. The van der Waals surface area contributed by atoms with Crippen LogP contribution in [0.4, 0.5) is 29.3 Å². The van der Waals surface area contributed by atoms with E-state index in [-0.39, 0.29) is 18.4 Å². The number of benzene rings is 2. The Kier molecular flexibility index (Phi) is 4.38. The van der Waals surface area contributed by atoms with Gasteiger partial charge in [0.2, 0.25) is 12.0 Å². The number of alkyl halides is 3. The molecule has 0 saturated carbocycles. The molecule has 1 saturated heterocycles. The molecule has 2 heterocycles. The Labute approximate surface area is 156 Å². The third-order valence-electron chi connectivity index (χ3n) is 3.96. The third-order valence-corrected chi connectivity index (χ3v) is 3.96. The van der Waals surface area contributed by atoms with E-state index in [0.29, 0.717) is 16.9 Å². The third kappa shape index (κ3) is 3.61. The lowest BCUT2D eigenvalue weighted by molar-refractivity contribution is -0.137. The maximum absolute atomic E-state index is 12.7. The van der Waals surface area contributed by atoms with E-state index in [4.69, 9.17) is 9.15 Å². The van der Waals surface area contributed by atoms with E-state index in [1.165, 1.54) is 12.1 Å². The molecule has 7 nitrogen and oxygen atoms in total. The van der Waals surface area contributed by atoms with Gasteiger partial charge in [-0.1, -0.05) is 12.1 Å². The molecule has 2 aromatic carbocycles. The van der Waals surface area contributed by atoms with Crippen LogP contribution in [0.1, 0.15) is 17.6 Å². The molecule has 4 rings (SSSR count). The van der Waals surface area contributed by atoms with Crippen molar-refractivity contribution in [2.75, 3.05) is 11.9 Å². The van der Waals surface area contributed by atoms with Gasteiger partial charge in [-0.25, -0.2) is 4.79 Å². The number of ether oxygens (including phenoxy) is 2. The number of halogens is 3. The second-order valence-corrected chi connectivity index (χ2v) is 5.86. The first-order valence-corrected chi connectivity index (χ1v) is 8.10. The van der Waals surface area contributed by atoms with Crippen molar-refractivity contribution >= 4 is 17.5 Å². The van der Waals surface area contributed by atoms with Gasteiger partial charge < -0.3 is 19.2 Å². The number of anilines is 2. The van der Waals surface area contributed by atoms with Crippen molar-refractivity contribution in [2.45, 2.75) is 12.3 Å². The van der Waals surface area contributed by atoms with Crippen LogP contribution in [0.15, 0.2) is 52.9 Å². The van der Waals surface area contributed by atoms with Crippen LogP contribution >= 0.6 is 0 Å². The van der Waals surface area contributed by atoms with Gasteiger partial charge in [-0.3, -0.25) is 0 Å². The highest BCUT2D eigenvalue weighted by atomic mass is 19.4. The second-order valence-electron chi connectivity index (χ2n) is 5.86. The fourth-order valence-electron chi connectivity index (χ4n) is 2.60. The summed E-state index contributed by atoms with van der Waals surface area (Å²) in [6, 6.07) is 11.6. The maximum atomic E-state index is 12.7. The average Bonchev–Trinajstić information content (AvgIpc) is 3.31. The van der Waals surface area contributed by atoms with Gasteiger partial charge in [0.05, 0.1) is 16.8 Å². The lowest BCUT2D eigenvalue weighted by atomic mass is 10.1. The fourth-order valence-corrected chi connectivity index (χ4v) is 2.60. The van der Waals surface area contributed by atoms with E-state index in [0.717, 1.165) is 12.1 Å². The van der Waals surface area contributed by atoms with E-state index in [1.54, 1.807) is 24.3 Å². The second kappa shape index (κ2) is 6.87. The first kappa shape index (κ1) is 17.8. The molecule has 0 spiro atoms. The molecular formula is C18H12F3N3O4. The quantitative estimate of drug-likeness (QED) is 0.645. The molecule has 1 unspecified atom stereocenters. The van der Waals surface area contributed by atoms with Gasteiger partial charge in [0.1, 0.15) is 6.61 Å². The van der Waals surface area contributed by atoms with Crippen molar-refractivity contribution in [3.05, 3.63) is 60.0 Å². The van der Waals surface area contributed by atoms with Gasteiger partial charge in [-0.05, 0) is 36.4 Å². The van der Waals surface area contributed by atoms with Gasteiger partial charge in [0, 0.05) is 5.69 Å². The number of aromatic nitrogens is 2. The largest absolute Gasteiger partial charge is 0.509 e. The zero-order chi connectivity index (χ0) is 19.7. The fraction of sp³-hybridized carbons (Fsp3) is 0.167. The minimum absolute atomic E-state index is 0.0219. The number of hydrogen-bond donors (Lipinski definition) is 1. The minimum atomic E-state index is -4.40. The van der Waals surface area contributed by atoms with Gasteiger partial charge in [0.15, 0.2) is 0 Å². The lowest BCUT2D eigenvalue weighted by Gasteiger charge is -2.11. The standard InChI is InChI=1S/C18H12F3N3O4/c19-18(20,21)10-5-7-11(8-6-10)22-13-4-2-1-3-12(13)15-23-24-16(28-15)14-9-26-17(25)27-14/h1-8,14,22H,9H2. The molecule has 1 N–H and O–H groups in total. The SMILES string of the molecule is O=C1OCC(c2nnc(-c3ccccc3Nc3ccc(C(F)(F)F)cc3)o2)O1. The lowest BCUT2D eigenvalue weighted by Crippen LogP contribution is -2.04. The van der Waals surface area contributed by atoms with Crippen LogP contribution in [0.3, 0.4) is 0 Å². The molecule has 10 heteroatoms. The van der Waals surface area contributed by atoms with E-state index in [9.17, 15) is 18.0 Å². The van der Waals surface area contributed by atoms with Crippen molar-refractivity contribution in [1.82, 2.24) is 10.2 Å². The molecule has 0 amide bonds. The highest BCUT2D eigenvalue weighted by Gasteiger charge is 2.32. The number of nitrogens with zero attached hydrogens (tertiary/aromatic N) is 2. The van der Waals surface area contributed by atoms with Crippen LogP contribution in [0, 0.1) is 0 Å². The molecule has 3 aromatic rings. The highest BCUT2D eigenvalue weighted by Crippen LogP contribution is 2.33. The molecule has 1 aromatic heterocycles. The summed E-state index contributed by atoms with van der Waals surface area (Å²) in [6.45, 7) is -0.0219. The van der Waals surface area contributed by atoms with Crippen molar-refractivity contribution in [3.8, 4) is 11.5 Å². The summed E-state index contributed by atoms with van der Waals surface area (Å²) in [4.78, 5) is 11.0. The first-order chi connectivity index (χ1) is 13.4. The molecule has 0 bridgehead atoms. The number of para-hydroxylation sites is 1. The van der Waals surface area contributed by atoms with Crippen LogP contribution in [0.25, 0.3) is 11.5 Å². The van der Waals surface area contributed by atoms with Gasteiger partial charge in [-0.15, -0.1) is 10.2 Å². The molecule has 1 fully saturated rings. The Morgan fingerprint density at radius 1 is 1.04 bits per heavy atom. The smallest absolute Gasteiger partial charge is 0.430 e. The summed E-state index contributed by atoms with van der Waals surface area (Å²) in [5, 5.41) is 10.9. The number of carbonyl (C=O) groups is 1. The summed E-state index contributed by atoms with van der Waals surface area (Å²) >= 11 is 0. The molecule has 28 heavy (non-hydrogen) atoms. The zero-order valence-electron chi connectivity index (χ0n) is 14.1. The first-order valence-electron chi connectivity index (χ1n) is 8.10. The van der Waals surface area contributed by atoms with Crippen LogP contribution in [0.5, 0.6) is 0 Å². The highest BCUT2D eigenvalue weighted by molar-refractivity contribution is 5.76. The van der Waals surface area contributed by atoms with Crippen LogP contribution in [0.2, 0.25) is 0 Å². The Morgan fingerprint density at radius 3 is 2.46 bits per heavy atom.